The molecule has 0 atom stereocenters. The molecule has 3 aromatic rings. The predicted octanol–water partition coefficient (Wildman–Crippen LogP) is 4.17. The molecule has 0 aliphatic heterocycles. The molecule has 0 unspecified atom stereocenters. The van der Waals surface area contributed by atoms with Crippen LogP contribution < -0.4 is 4.74 Å². The topological polar surface area (TPSA) is 68.5 Å². The summed E-state index contributed by atoms with van der Waals surface area (Å²) in [5.74, 6) is 0.611. The molecule has 0 fully saturated rings. The molecule has 0 bridgehead atoms. The number of aryl methyl sites for hydroxylation is 2. The summed E-state index contributed by atoms with van der Waals surface area (Å²) >= 11 is 0. The van der Waals surface area contributed by atoms with Crippen molar-refractivity contribution < 1.29 is 18.4 Å². The van der Waals surface area contributed by atoms with Gasteiger partial charge in [-0.2, -0.15) is 4.98 Å². The van der Waals surface area contributed by atoms with E-state index in [1.165, 1.54) is 13.2 Å². The third kappa shape index (κ3) is 5.19. The Morgan fingerprint density at radius 1 is 1.21 bits per heavy atom. The van der Waals surface area contributed by atoms with E-state index in [4.69, 9.17) is 9.26 Å². The van der Waals surface area contributed by atoms with Gasteiger partial charge < -0.3 is 14.2 Å². The van der Waals surface area contributed by atoms with Gasteiger partial charge in [-0.05, 0) is 31.5 Å². The molecule has 0 saturated heterocycles. The van der Waals surface area contributed by atoms with Crippen molar-refractivity contribution in [3.8, 4) is 17.1 Å². The summed E-state index contributed by atoms with van der Waals surface area (Å²) in [5.41, 5.74) is 2.73. The van der Waals surface area contributed by atoms with Crippen molar-refractivity contribution >= 4 is 5.91 Å². The number of ether oxygens (including phenoxy) is 1. The van der Waals surface area contributed by atoms with Crippen molar-refractivity contribution in [3.63, 3.8) is 0 Å². The van der Waals surface area contributed by atoms with E-state index in [2.05, 4.69) is 10.1 Å². The third-order valence-electron chi connectivity index (χ3n) is 4.65. The van der Waals surface area contributed by atoms with E-state index >= 15 is 0 Å². The van der Waals surface area contributed by atoms with Gasteiger partial charge >= 0.3 is 0 Å². The van der Waals surface area contributed by atoms with Gasteiger partial charge in [0, 0.05) is 31.5 Å². The van der Waals surface area contributed by atoms with Gasteiger partial charge in [0.1, 0.15) is 0 Å². The SMILES string of the molecule is CCN(Cc1ccc(OC)c(F)c1)C(=O)CCc1nc(-c2ccc(C)cc2)no1. The zero-order chi connectivity index (χ0) is 20.8. The Balaban J connectivity index is 1.59. The average Bonchev–Trinajstić information content (AvgIpc) is 3.20. The van der Waals surface area contributed by atoms with Gasteiger partial charge in [-0.3, -0.25) is 4.79 Å². The maximum Gasteiger partial charge on any atom is 0.227 e. The van der Waals surface area contributed by atoms with Gasteiger partial charge in [0.25, 0.3) is 0 Å². The van der Waals surface area contributed by atoms with Crippen molar-refractivity contribution in [2.45, 2.75) is 33.2 Å². The molecule has 0 aliphatic rings. The van der Waals surface area contributed by atoms with Gasteiger partial charge in [-0.1, -0.05) is 41.1 Å². The van der Waals surface area contributed by atoms with E-state index in [9.17, 15) is 9.18 Å². The first kappa shape index (κ1) is 20.5. The van der Waals surface area contributed by atoms with Crippen LogP contribution in [0.4, 0.5) is 4.39 Å². The average molecular weight is 397 g/mol. The minimum atomic E-state index is -0.442. The standard InChI is InChI=1S/C22H24FN3O3/c1-4-26(14-16-7-10-19(28-3)18(23)13-16)21(27)12-11-20-24-22(25-29-20)17-8-5-15(2)6-9-17/h5-10,13H,4,11-12,14H2,1-3H3. The van der Waals surface area contributed by atoms with Crippen molar-refractivity contribution in [2.75, 3.05) is 13.7 Å². The normalized spacial score (nSPS) is 10.8. The van der Waals surface area contributed by atoms with Crippen LogP contribution in [0.1, 0.15) is 30.4 Å². The maximum absolute atomic E-state index is 13.9. The molecule has 0 radical (unpaired) electrons. The number of rotatable bonds is 8. The maximum atomic E-state index is 13.9. The van der Waals surface area contributed by atoms with Gasteiger partial charge in [-0.15, -0.1) is 0 Å². The summed E-state index contributed by atoms with van der Waals surface area (Å²) in [6, 6.07) is 12.5. The number of carbonyl (C=O) groups excluding carboxylic acids is 1. The molecule has 29 heavy (non-hydrogen) atoms. The third-order valence-corrected chi connectivity index (χ3v) is 4.65. The van der Waals surface area contributed by atoms with E-state index in [1.54, 1.807) is 17.0 Å². The summed E-state index contributed by atoms with van der Waals surface area (Å²) in [5, 5.41) is 3.99. The highest BCUT2D eigenvalue weighted by molar-refractivity contribution is 5.76. The van der Waals surface area contributed by atoms with E-state index in [0.29, 0.717) is 36.8 Å². The number of nitrogens with zero attached hydrogens (tertiary/aromatic N) is 3. The molecule has 0 N–H and O–H groups in total. The quantitative estimate of drug-likeness (QED) is 0.571. The predicted molar refractivity (Wildman–Crippen MR) is 107 cm³/mol. The van der Waals surface area contributed by atoms with Crippen molar-refractivity contribution in [2.24, 2.45) is 0 Å². The van der Waals surface area contributed by atoms with E-state index in [1.807, 2.05) is 38.1 Å². The first-order valence-electron chi connectivity index (χ1n) is 9.50. The van der Waals surface area contributed by atoms with Gasteiger partial charge in [0.05, 0.1) is 7.11 Å². The second-order valence-corrected chi connectivity index (χ2v) is 6.75. The molecule has 1 aromatic heterocycles. The van der Waals surface area contributed by atoms with E-state index < -0.39 is 5.82 Å². The van der Waals surface area contributed by atoms with Crippen LogP contribution in [0.3, 0.4) is 0 Å². The van der Waals surface area contributed by atoms with Crippen LogP contribution >= 0.6 is 0 Å². The molecule has 7 heteroatoms. The van der Waals surface area contributed by atoms with Crippen molar-refractivity contribution in [1.29, 1.82) is 0 Å². The number of hydrogen-bond donors (Lipinski definition) is 0. The lowest BCUT2D eigenvalue weighted by molar-refractivity contribution is -0.131. The van der Waals surface area contributed by atoms with E-state index in [0.717, 1.165) is 11.1 Å². The summed E-state index contributed by atoms with van der Waals surface area (Å²) in [4.78, 5) is 18.6. The van der Waals surface area contributed by atoms with Gasteiger partial charge in [0.15, 0.2) is 11.6 Å². The molecule has 6 nitrogen and oxygen atoms in total. The first-order chi connectivity index (χ1) is 14.0. The second kappa shape index (κ2) is 9.32. The van der Waals surface area contributed by atoms with Crippen LogP contribution in [0.5, 0.6) is 5.75 Å². The number of methoxy groups -OCH3 is 1. The monoisotopic (exact) mass is 397 g/mol. The molecule has 2 aromatic carbocycles. The molecule has 1 heterocycles. The zero-order valence-electron chi connectivity index (χ0n) is 16.8. The Labute approximate surface area is 169 Å². The molecule has 0 saturated carbocycles. The highest BCUT2D eigenvalue weighted by atomic mass is 19.1. The van der Waals surface area contributed by atoms with Crippen molar-refractivity contribution in [3.05, 3.63) is 65.3 Å². The minimum absolute atomic E-state index is 0.0567. The minimum Gasteiger partial charge on any atom is -0.494 e. The lowest BCUT2D eigenvalue weighted by Gasteiger charge is -2.21. The van der Waals surface area contributed by atoms with Gasteiger partial charge in [-0.25, -0.2) is 4.39 Å². The Bertz CT molecular complexity index is 970. The second-order valence-electron chi connectivity index (χ2n) is 6.75. The fourth-order valence-electron chi connectivity index (χ4n) is 2.95. The molecule has 3 rings (SSSR count). The molecular formula is C22H24FN3O3. The van der Waals surface area contributed by atoms with Gasteiger partial charge in [0.2, 0.25) is 17.6 Å². The van der Waals surface area contributed by atoms with Crippen LogP contribution in [-0.2, 0) is 17.8 Å². The fourth-order valence-corrected chi connectivity index (χ4v) is 2.95. The Kier molecular flexibility index (Phi) is 6.59. The number of aromatic nitrogens is 2. The highest BCUT2D eigenvalue weighted by Gasteiger charge is 2.16. The number of amides is 1. The van der Waals surface area contributed by atoms with Crippen LogP contribution in [0.2, 0.25) is 0 Å². The molecule has 0 aliphatic carbocycles. The number of benzene rings is 2. The smallest absolute Gasteiger partial charge is 0.227 e. The Hall–Kier alpha value is -3.22. The molecular weight excluding hydrogens is 373 g/mol. The molecule has 0 spiro atoms. The highest BCUT2D eigenvalue weighted by Crippen LogP contribution is 2.20. The fraction of sp³-hybridized carbons (Fsp3) is 0.318. The first-order valence-corrected chi connectivity index (χ1v) is 9.50. The van der Waals surface area contributed by atoms with E-state index in [-0.39, 0.29) is 18.1 Å². The van der Waals surface area contributed by atoms with Crippen LogP contribution in [0.15, 0.2) is 47.0 Å². The number of hydrogen-bond acceptors (Lipinski definition) is 5. The lowest BCUT2D eigenvalue weighted by atomic mass is 10.1. The molecule has 1 amide bonds. The number of halogens is 1. The summed E-state index contributed by atoms with van der Waals surface area (Å²) in [6.07, 6.45) is 0.590. The summed E-state index contributed by atoms with van der Waals surface area (Å²) < 4.78 is 24.1. The summed E-state index contributed by atoms with van der Waals surface area (Å²) in [7, 11) is 1.42. The van der Waals surface area contributed by atoms with Crippen molar-refractivity contribution in [1.82, 2.24) is 15.0 Å². The summed E-state index contributed by atoms with van der Waals surface area (Å²) in [6.45, 7) is 4.75. The Morgan fingerprint density at radius 2 is 1.97 bits per heavy atom. The zero-order valence-corrected chi connectivity index (χ0v) is 16.8. The molecule has 152 valence electrons. The lowest BCUT2D eigenvalue weighted by Crippen LogP contribution is -2.30. The largest absolute Gasteiger partial charge is 0.494 e. The van der Waals surface area contributed by atoms with Crippen LogP contribution in [0.25, 0.3) is 11.4 Å². The Morgan fingerprint density at radius 3 is 2.62 bits per heavy atom. The number of carbonyl (C=O) groups is 1. The van der Waals surface area contributed by atoms with Crippen LogP contribution in [0, 0.1) is 12.7 Å². The van der Waals surface area contributed by atoms with Crippen LogP contribution in [-0.4, -0.2) is 34.6 Å².